The summed E-state index contributed by atoms with van der Waals surface area (Å²) in [6.07, 6.45) is 4.00. The van der Waals surface area contributed by atoms with E-state index in [1.807, 2.05) is 19.1 Å². The Bertz CT molecular complexity index is 698. The van der Waals surface area contributed by atoms with Crippen molar-refractivity contribution in [1.29, 1.82) is 0 Å². The topological polar surface area (TPSA) is 87.7 Å². The number of nitrogens with one attached hydrogen (secondary N) is 2. The van der Waals surface area contributed by atoms with E-state index in [0.717, 1.165) is 12.8 Å². The molecule has 2 aliphatic rings. The zero-order valence-electron chi connectivity index (χ0n) is 15.0. The molecule has 7 heteroatoms. The second-order valence-electron chi connectivity index (χ2n) is 6.76. The van der Waals surface area contributed by atoms with Crippen molar-refractivity contribution >= 4 is 23.5 Å². The number of ether oxygens (including phenoxy) is 1. The molecule has 140 valence electrons. The van der Waals surface area contributed by atoms with Crippen LogP contribution in [0.2, 0.25) is 0 Å². The Morgan fingerprint density at radius 1 is 1.27 bits per heavy atom. The molecule has 0 atom stereocenters. The predicted molar refractivity (Wildman–Crippen MR) is 96.9 cm³/mol. The highest BCUT2D eigenvalue weighted by molar-refractivity contribution is 6.07. The van der Waals surface area contributed by atoms with Gasteiger partial charge in [-0.05, 0) is 38.3 Å². The number of imide groups is 1. The normalized spacial score (nSPS) is 18.3. The summed E-state index contributed by atoms with van der Waals surface area (Å²) in [5, 5.41) is 5.67. The van der Waals surface area contributed by atoms with Gasteiger partial charge in [-0.3, -0.25) is 14.5 Å². The smallest absolute Gasteiger partial charge is 0.325 e. The van der Waals surface area contributed by atoms with E-state index in [2.05, 4.69) is 10.6 Å². The highest BCUT2D eigenvalue weighted by Gasteiger charge is 2.51. The first-order valence-electron chi connectivity index (χ1n) is 9.21. The van der Waals surface area contributed by atoms with Gasteiger partial charge >= 0.3 is 6.03 Å². The Kier molecular flexibility index (Phi) is 5.44. The minimum Gasteiger partial charge on any atom is -0.492 e. The van der Waals surface area contributed by atoms with Crippen LogP contribution in [0, 0.1) is 0 Å². The first kappa shape index (κ1) is 18.2. The number of anilines is 1. The summed E-state index contributed by atoms with van der Waals surface area (Å²) in [7, 11) is 0. The van der Waals surface area contributed by atoms with E-state index in [0.29, 0.717) is 37.3 Å². The van der Waals surface area contributed by atoms with Crippen LogP contribution in [0.1, 0.15) is 45.4 Å². The number of benzene rings is 1. The minimum atomic E-state index is -0.685. The molecule has 0 bridgehead atoms. The van der Waals surface area contributed by atoms with Gasteiger partial charge in [0.15, 0.2) is 0 Å². The third-order valence-electron chi connectivity index (χ3n) is 4.95. The third-order valence-corrected chi connectivity index (χ3v) is 4.95. The van der Waals surface area contributed by atoms with E-state index in [1.54, 1.807) is 12.1 Å². The van der Waals surface area contributed by atoms with E-state index in [1.165, 1.54) is 4.90 Å². The number of rotatable bonds is 7. The van der Waals surface area contributed by atoms with Crippen molar-refractivity contribution in [2.75, 3.05) is 18.5 Å². The van der Waals surface area contributed by atoms with Crippen LogP contribution in [0.3, 0.4) is 0 Å². The van der Waals surface area contributed by atoms with Crippen LogP contribution in [0.15, 0.2) is 24.3 Å². The maximum absolute atomic E-state index is 12.5. The number of nitrogens with zero attached hydrogens (tertiary/aromatic N) is 1. The summed E-state index contributed by atoms with van der Waals surface area (Å²) in [5.41, 5.74) is -0.0604. The van der Waals surface area contributed by atoms with Gasteiger partial charge in [-0.2, -0.15) is 0 Å². The van der Waals surface area contributed by atoms with Gasteiger partial charge in [-0.25, -0.2) is 4.79 Å². The standard InChI is InChI=1S/C19H25N3O4/c1-2-26-15-9-4-3-8-14(15)20-16(23)10-7-13-22-17(24)19(21-18(22)25)11-5-6-12-19/h3-4,8-9H,2,5-7,10-13H2,1H3,(H,20,23)(H,21,25). The summed E-state index contributed by atoms with van der Waals surface area (Å²) in [5.74, 6) is 0.322. The van der Waals surface area contributed by atoms with E-state index >= 15 is 0 Å². The Balaban J connectivity index is 1.50. The van der Waals surface area contributed by atoms with Gasteiger partial charge in [0.05, 0.1) is 12.3 Å². The summed E-state index contributed by atoms with van der Waals surface area (Å²) in [6.45, 7) is 2.65. The SMILES string of the molecule is CCOc1ccccc1NC(=O)CCCN1C(=O)NC2(CCCC2)C1=O. The van der Waals surface area contributed by atoms with Crippen LogP contribution in [-0.2, 0) is 9.59 Å². The lowest BCUT2D eigenvalue weighted by molar-refractivity contribution is -0.131. The van der Waals surface area contributed by atoms with Crippen LogP contribution in [-0.4, -0.2) is 41.4 Å². The maximum Gasteiger partial charge on any atom is 0.325 e. The first-order valence-corrected chi connectivity index (χ1v) is 9.21. The second-order valence-corrected chi connectivity index (χ2v) is 6.76. The summed E-state index contributed by atoms with van der Waals surface area (Å²) >= 11 is 0. The van der Waals surface area contributed by atoms with E-state index in [4.69, 9.17) is 4.74 Å². The molecule has 4 amide bonds. The van der Waals surface area contributed by atoms with Crippen molar-refractivity contribution in [3.63, 3.8) is 0 Å². The lowest BCUT2D eigenvalue weighted by atomic mass is 9.98. The van der Waals surface area contributed by atoms with Gasteiger partial charge < -0.3 is 15.4 Å². The zero-order chi connectivity index (χ0) is 18.6. The molecule has 1 aliphatic heterocycles. The average molecular weight is 359 g/mol. The monoisotopic (exact) mass is 359 g/mol. The van der Waals surface area contributed by atoms with Gasteiger partial charge in [0.1, 0.15) is 11.3 Å². The van der Waals surface area contributed by atoms with Crippen LogP contribution < -0.4 is 15.4 Å². The Hall–Kier alpha value is -2.57. The highest BCUT2D eigenvalue weighted by atomic mass is 16.5. The Morgan fingerprint density at radius 2 is 2.00 bits per heavy atom. The van der Waals surface area contributed by atoms with Crippen molar-refractivity contribution in [2.45, 2.75) is 51.0 Å². The van der Waals surface area contributed by atoms with Crippen molar-refractivity contribution in [1.82, 2.24) is 10.2 Å². The van der Waals surface area contributed by atoms with E-state index in [-0.39, 0.29) is 30.8 Å². The van der Waals surface area contributed by atoms with Crippen molar-refractivity contribution in [3.05, 3.63) is 24.3 Å². The highest BCUT2D eigenvalue weighted by Crippen LogP contribution is 2.35. The molecule has 2 fully saturated rings. The summed E-state index contributed by atoms with van der Waals surface area (Å²) < 4.78 is 5.48. The number of hydrogen-bond acceptors (Lipinski definition) is 4. The molecule has 0 aromatic heterocycles. The van der Waals surface area contributed by atoms with Gasteiger partial charge in [0.25, 0.3) is 5.91 Å². The van der Waals surface area contributed by atoms with Crippen molar-refractivity contribution in [2.24, 2.45) is 0 Å². The number of carbonyl (C=O) groups is 3. The predicted octanol–water partition coefficient (Wildman–Crippen LogP) is 2.67. The van der Waals surface area contributed by atoms with Gasteiger partial charge in [0, 0.05) is 13.0 Å². The molecule has 0 unspecified atom stereocenters. The molecule has 0 radical (unpaired) electrons. The number of amides is 4. The molecule has 1 aromatic rings. The number of hydrogen-bond donors (Lipinski definition) is 2. The molecule has 1 saturated heterocycles. The van der Waals surface area contributed by atoms with Gasteiger partial charge in [0.2, 0.25) is 5.91 Å². The Labute approximate surface area is 153 Å². The van der Waals surface area contributed by atoms with Crippen LogP contribution in [0.4, 0.5) is 10.5 Å². The van der Waals surface area contributed by atoms with Gasteiger partial charge in [-0.15, -0.1) is 0 Å². The molecule has 1 aromatic carbocycles. The van der Waals surface area contributed by atoms with Crippen molar-refractivity contribution in [3.8, 4) is 5.75 Å². The number of urea groups is 1. The van der Waals surface area contributed by atoms with Crippen LogP contribution in [0.5, 0.6) is 5.75 Å². The van der Waals surface area contributed by atoms with Crippen LogP contribution in [0.25, 0.3) is 0 Å². The lowest BCUT2D eigenvalue weighted by Gasteiger charge is -2.20. The maximum atomic E-state index is 12.5. The fourth-order valence-electron chi connectivity index (χ4n) is 3.66. The zero-order valence-corrected chi connectivity index (χ0v) is 15.0. The summed E-state index contributed by atoms with van der Waals surface area (Å²) in [4.78, 5) is 38.1. The molecule has 3 rings (SSSR count). The number of carbonyl (C=O) groups excluding carboxylic acids is 3. The molecule has 1 aliphatic carbocycles. The summed E-state index contributed by atoms with van der Waals surface area (Å²) in [6, 6.07) is 6.92. The first-order chi connectivity index (χ1) is 12.6. The van der Waals surface area contributed by atoms with E-state index in [9.17, 15) is 14.4 Å². The molecule has 26 heavy (non-hydrogen) atoms. The Morgan fingerprint density at radius 3 is 2.73 bits per heavy atom. The van der Waals surface area contributed by atoms with Crippen molar-refractivity contribution < 1.29 is 19.1 Å². The molecule has 1 spiro atoms. The molecule has 2 N–H and O–H groups in total. The fourth-order valence-corrected chi connectivity index (χ4v) is 3.66. The fraction of sp³-hybridized carbons (Fsp3) is 0.526. The number of para-hydroxylation sites is 2. The quantitative estimate of drug-likeness (QED) is 0.733. The third kappa shape index (κ3) is 3.66. The second kappa shape index (κ2) is 7.76. The minimum absolute atomic E-state index is 0.137. The van der Waals surface area contributed by atoms with E-state index < -0.39 is 5.54 Å². The largest absolute Gasteiger partial charge is 0.492 e. The molecular formula is C19H25N3O4. The molecular weight excluding hydrogens is 334 g/mol. The van der Waals surface area contributed by atoms with Gasteiger partial charge in [-0.1, -0.05) is 25.0 Å². The molecule has 7 nitrogen and oxygen atoms in total. The molecule has 1 heterocycles. The van der Waals surface area contributed by atoms with Crippen LogP contribution >= 0.6 is 0 Å². The lowest BCUT2D eigenvalue weighted by Crippen LogP contribution is -2.44. The average Bonchev–Trinajstić information content (AvgIpc) is 3.17. The molecule has 1 saturated carbocycles.